The van der Waals surface area contributed by atoms with Gasteiger partial charge in [-0.2, -0.15) is 0 Å². The number of anilines is 1. The van der Waals surface area contributed by atoms with Gasteiger partial charge in [0.25, 0.3) is 0 Å². The highest BCUT2D eigenvalue weighted by molar-refractivity contribution is 5.58. The zero-order chi connectivity index (χ0) is 13.5. The second kappa shape index (κ2) is 6.80. The summed E-state index contributed by atoms with van der Waals surface area (Å²) in [4.78, 5) is 10.4. The smallest absolute Gasteiger partial charge is 0.311 e. The molecule has 0 aliphatic rings. The van der Waals surface area contributed by atoms with Gasteiger partial charge in [-0.1, -0.05) is 6.92 Å². The Bertz CT molecular complexity index is 410. The van der Waals surface area contributed by atoms with Crippen LogP contribution in [-0.4, -0.2) is 24.1 Å². The molecule has 3 N–H and O–H groups in total. The van der Waals surface area contributed by atoms with E-state index in [1.807, 2.05) is 13.8 Å². The van der Waals surface area contributed by atoms with Crippen molar-refractivity contribution in [2.24, 2.45) is 5.73 Å². The van der Waals surface area contributed by atoms with E-state index >= 15 is 0 Å². The van der Waals surface area contributed by atoms with Crippen LogP contribution in [0.15, 0.2) is 18.2 Å². The molecule has 1 aromatic carbocycles. The predicted octanol–water partition coefficient (Wildman–Crippen LogP) is 2.14. The van der Waals surface area contributed by atoms with Crippen LogP contribution >= 0.6 is 0 Å². The van der Waals surface area contributed by atoms with E-state index in [0.717, 1.165) is 12.1 Å². The fourth-order valence-electron chi connectivity index (χ4n) is 1.43. The summed E-state index contributed by atoms with van der Waals surface area (Å²) in [7, 11) is 0. The minimum Gasteiger partial charge on any atom is -0.487 e. The maximum atomic E-state index is 10.9. The second-order valence-electron chi connectivity index (χ2n) is 4.07. The Morgan fingerprint density at radius 3 is 2.83 bits per heavy atom. The molecule has 18 heavy (non-hydrogen) atoms. The molecule has 0 amide bonds. The van der Waals surface area contributed by atoms with Gasteiger partial charge in [-0.15, -0.1) is 0 Å². The van der Waals surface area contributed by atoms with Crippen molar-refractivity contribution >= 4 is 11.4 Å². The standard InChI is InChI=1S/C12H19N3O3/c1-3-6-18-12-7-10(14-9(2)8-13)4-5-11(12)15(16)17/h4-5,7,9,14H,3,6,8,13H2,1-2H3. The van der Waals surface area contributed by atoms with E-state index in [9.17, 15) is 10.1 Å². The molecule has 0 bridgehead atoms. The first kappa shape index (κ1) is 14.2. The first-order chi connectivity index (χ1) is 8.58. The molecule has 1 aromatic rings. The van der Waals surface area contributed by atoms with E-state index in [1.165, 1.54) is 6.07 Å². The highest BCUT2D eigenvalue weighted by Gasteiger charge is 2.15. The number of nitro groups is 1. The highest BCUT2D eigenvalue weighted by Crippen LogP contribution is 2.30. The molecule has 0 aliphatic carbocycles. The number of hydrogen-bond donors (Lipinski definition) is 2. The molecule has 0 aromatic heterocycles. The Labute approximate surface area is 106 Å². The van der Waals surface area contributed by atoms with Gasteiger partial charge in [0, 0.05) is 30.4 Å². The molecular formula is C12H19N3O3. The molecule has 0 heterocycles. The fourth-order valence-corrected chi connectivity index (χ4v) is 1.43. The van der Waals surface area contributed by atoms with Crippen molar-refractivity contribution < 1.29 is 9.66 Å². The number of hydrogen-bond acceptors (Lipinski definition) is 5. The van der Waals surface area contributed by atoms with Gasteiger partial charge < -0.3 is 15.8 Å². The van der Waals surface area contributed by atoms with Crippen LogP contribution in [-0.2, 0) is 0 Å². The lowest BCUT2D eigenvalue weighted by atomic mass is 10.2. The summed E-state index contributed by atoms with van der Waals surface area (Å²) in [5.41, 5.74) is 6.26. The molecule has 0 fully saturated rings. The second-order valence-corrected chi connectivity index (χ2v) is 4.07. The quantitative estimate of drug-likeness (QED) is 0.574. The van der Waals surface area contributed by atoms with Crippen LogP contribution < -0.4 is 15.8 Å². The lowest BCUT2D eigenvalue weighted by Gasteiger charge is -2.14. The summed E-state index contributed by atoms with van der Waals surface area (Å²) in [6.45, 7) is 4.83. The number of rotatable bonds is 7. The summed E-state index contributed by atoms with van der Waals surface area (Å²) < 4.78 is 5.39. The van der Waals surface area contributed by atoms with Crippen LogP contribution in [0.25, 0.3) is 0 Å². The normalized spacial score (nSPS) is 11.9. The predicted molar refractivity (Wildman–Crippen MR) is 71.0 cm³/mol. The number of nitrogens with two attached hydrogens (primary N) is 1. The molecule has 1 unspecified atom stereocenters. The van der Waals surface area contributed by atoms with Crippen LogP contribution in [0.1, 0.15) is 20.3 Å². The molecule has 6 heteroatoms. The van der Waals surface area contributed by atoms with Crippen LogP contribution in [0.5, 0.6) is 5.75 Å². The largest absolute Gasteiger partial charge is 0.487 e. The Hall–Kier alpha value is -1.82. The van der Waals surface area contributed by atoms with Crippen molar-refractivity contribution in [3.63, 3.8) is 0 Å². The molecule has 100 valence electrons. The molecule has 6 nitrogen and oxygen atoms in total. The number of benzene rings is 1. The van der Waals surface area contributed by atoms with Gasteiger partial charge in [0.1, 0.15) is 0 Å². The van der Waals surface area contributed by atoms with Crippen molar-refractivity contribution in [3.05, 3.63) is 28.3 Å². The van der Waals surface area contributed by atoms with E-state index in [0.29, 0.717) is 13.2 Å². The number of ether oxygens (including phenoxy) is 1. The third-order valence-electron chi connectivity index (χ3n) is 2.38. The third-order valence-corrected chi connectivity index (χ3v) is 2.38. The number of nitro benzene ring substituents is 1. The molecule has 0 spiro atoms. The van der Waals surface area contributed by atoms with Crippen molar-refractivity contribution in [1.82, 2.24) is 0 Å². The van der Waals surface area contributed by atoms with Crippen LogP contribution in [0.4, 0.5) is 11.4 Å². The Morgan fingerprint density at radius 1 is 1.56 bits per heavy atom. The van der Waals surface area contributed by atoms with Gasteiger partial charge in [-0.3, -0.25) is 10.1 Å². The van der Waals surface area contributed by atoms with Gasteiger partial charge in [0.2, 0.25) is 0 Å². The average Bonchev–Trinajstić information content (AvgIpc) is 2.36. The Morgan fingerprint density at radius 2 is 2.28 bits per heavy atom. The van der Waals surface area contributed by atoms with Crippen LogP contribution in [0, 0.1) is 10.1 Å². The van der Waals surface area contributed by atoms with Gasteiger partial charge in [0.15, 0.2) is 5.75 Å². The minimum atomic E-state index is -0.443. The third kappa shape index (κ3) is 3.89. The Kier molecular flexibility index (Phi) is 5.38. The first-order valence-electron chi connectivity index (χ1n) is 5.96. The fraction of sp³-hybridized carbons (Fsp3) is 0.500. The molecule has 0 saturated carbocycles. The van der Waals surface area contributed by atoms with Gasteiger partial charge in [0.05, 0.1) is 11.5 Å². The first-order valence-corrected chi connectivity index (χ1v) is 5.96. The number of nitrogens with one attached hydrogen (secondary N) is 1. The lowest BCUT2D eigenvalue weighted by Crippen LogP contribution is -2.25. The monoisotopic (exact) mass is 253 g/mol. The highest BCUT2D eigenvalue weighted by atomic mass is 16.6. The summed E-state index contributed by atoms with van der Waals surface area (Å²) in [5.74, 6) is 0.288. The average molecular weight is 253 g/mol. The summed E-state index contributed by atoms with van der Waals surface area (Å²) in [5, 5.41) is 14.0. The number of nitrogens with zero attached hydrogens (tertiary/aromatic N) is 1. The summed E-state index contributed by atoms with van der Waals surface area (Å²) in [6, 6.07) is 4.84. The van der Waals surface area contributed by atoms with Gasteiger partial charge in [-0.05, 0) is 19.4 Å². The van der Waals surface area contributed by atoms with Crippen LogP contribution in [0.2, 0.25) is 0 Å². The molecule has 0 saturated heterocycles. The maximum absolute atomic E-state index is 10.9. The lowest BCUT2D eigenvalue weighted by molar-refractivity contribution is -0.385. The van der Waals surface area contributed by atoms with E-state index in [-0.39, 0.29) is 17.5 Å². The van der Waals surface area contributed by atoms with E-state index < -0.39 is 4.92 Å². The molecule has 1 rings (SSSR count). The van der Waals surface area contributed by atoms with Crippen LogP contribution in [0.3, 0.4) is 0 Å². The maximum Gasteiger partial charge on any atom is 0.311 e. The van der Waals surface area contributed by atoms with Gasteiger partial charge >= 0.3 is 5.69 Å². The van der Waals surface area contributed by atoms with Crippen molar-refractivity contribution in [2.75, 3.05) is 18.5 Å². The van der Waals surface area contributed by atoms with Crippen molar-refractivity contribution in [3.8, 4) is 5.75 Å². The molecular weight excluding hydrogens is 234 g/mol. The minimum absolute atomic E-state index is 0.0191. The van der Waals surface area contributed by atoms with E-state index in [1.54, 1.807) is 12.1 Å². The molecule has 0 aliphatic heterocycles. The zero-order valence-corrected chi connectivity index (χ0v) is 10.7. The van der Waals surface area contributed by atoms with Crippen molar-refractivity contribution in [2.45, 2.75) is 26.3 Å². The van der Waals surface area contributed by atoms with Crippen molar-refractivity contribution in [1.29, 1.82) is 0 Å². The summed E-state index contributed by atoms with van der Waals surface area (Å²) in [6.07, 6.45) is 0.800. The SMILES string of the molecule is CCCOc1cc(NC(C)CN)ccc1[N+](=O)[O-]. The van der Waals surface area contributed by atoms with E-state index in [4.69, 9.17) is 10.5 Å². The molecule has 1 atom stereocenters. The zero-order valence-electron chi connectivity index (χ0n) is 10.7. The van der Waals surface area contributed by atoms with E-state index in [2.05, 4.69) is 5.32 Å². The topological polar surface area (TPSA) is 90.4 Å². The Balaban J connectivity index is 2.93. The molecule has 0 radical (unpaired) electrons. The van der Waals surface area contributed by atoms with Gasteiger partial charge in [-0.25, -0.2) is 0 Å². The summed E-state index contributed by atoms with van der Waals surface area (Å²) >= 11 is 0.